The van der Waals surface area contributed by atoms with Crippen molar-refractivity contribution in [2.24, 2.45) is 0 Å². The highest BCUT2D eigenvalue weighted by Crippen LogP contribution is 2.20. The van der Waals surface area contributed by atoms with Crippen molar-refractivity contribution in [3.8, 4) is 5.75 Å². The standard InChI is InChI=1S/C25H33BrN2O3S/c1-6-22(24(30)27-25(2,3)4)28(15-18-9-13-21(31-5)14-10-18)23(29)17-32-16-19-7-11-20(26)12-8-19/h7-14,22H,6,15-17H2,1-5H3,(H,27,30)/t22-/m1/s1. The van der Waals surface area contributed by atoms with Crippen molar-refractivity contribution in [1.82, 2.24) is 10.2 Å². The molecular weight excluding hydrogens is 488 g/mol. The molecule has 5 nitrogen and oxygen atoms in total. The van der Waals surface area contributed by atoms with E-state index in [1.807, 2.05) is 76.2 Å². The number of halogens is 1. The van der Waals surface area contributed by atoms with E-state index in [2.05, 4.69) is 21.2 Å². The third-order valence-corrected chi connectivity index (χ3v) is 6.32. The van der Waals surface area contributed by atoms with Crippen LogP contribution in [0.25, 0.3) is 0 Å². The van der Waals surface area contributed by atoms with Gasteiger partial charge in [0.15, 0.2) is 0 Å². The average molecular weight is 522 g/mol. The fourth-order valence-electron chi connectivity index (χ4n) is 3.22. The molecule has 0 aromatic heterocycles. The number of hydrogen-bond acceptors (Lipinski definition) is 4. The lowest BCUT2D eigenvalue weighted by Crippen LogP contribution is -2.53. The first-order valence-electron chi connectivity index (χ1n) is 10.7. The Balaban J connectivity index is 2.15. The van der Waals surface area contributed by atoms with Crippen molar-refractivity contribution >= 4 is 39.5 Å². The van der Waals surface area contributed by atoms with Crippen molar-refractivity contribution in [3.63, 3.8) is 0 Å². The summed E-state index contributed by atoms with van der Waals surface area (Å²) in [6.07, 6.45) is 0.543. The third-order valence-electron chi connectivity index (χ3n) is 4.80. The Bertz CT molecular complexity index is 880. The highest BCUT2D eigenvalue weighted by molar-refractivity contribution is 9.10. The highest BCUT2D eigenvalue weighted by Gasteiger charge is 2.30. The van der Waals surface area contributed by atoms with Gasteiger partial charge in [-0.25, -0.2) is 0 Å². The molecule has 1 atom stereocenters. The quantitative estimate of drug-likeness (QED) is 0.454. The Morgan fingerprint density at radius 1 is 1.06 bits per heavy atom. The lowest BCUT2D eigenvalue weighted by Gasteiger charge is -2.33. The zero-order valence-corrected chi connectivity index (χ0v) is 21.9. The summed E-state index contributed by atoms with van der Waals surface area (Å²) in [5.41, 5.74) is 1.75. The zero-order valence-electron chi connectivity index (χ0n) is 19.5. The second kappa shape index (κ2) is 12.3. The summed E-state index contributed by atoms with van der Waals surface area (Å²) < 4.78 is 6.27. The Kier molecular flexibility index (Phi) is 10.1. The summed E-state index contributed by atoms with van der Waals surface area (Å²) in [6, 6.07) is 15.2. The molecule has 0 fully saturated rings. The molecule has 1 N–H and O–H groups in total. The number of nitrogens with one attached hydrogen (secondary N) is 1. The van der Waals surface area contributed by atoms with Gasteiger partial charge in [-0.2, -0.15) is 0 Å². The molecular formula is C25H33BrN2O3S. The van der Waals surface area contributed by atoms with Gasteiger partial charge in [-0.3, -0.25) is 9.59 Å². The number of amides is 2. The topological polar surface area (TPSA) is 58.6 Å². The molecule has 2 aromatic carbocycles. The van der Waals surface area contributed by atoms with E-state index >= 15 is 0 Å². The fraction of sp³-hybridized carbons (Fsp3) is 0.440. The lowest BCUT2D eigenvalue weighted by molar-refractivity contribution is -0.140. The lowest BCUT2D eigenvalue weighted by atomic mass is 10.1. The average Bonchev–Trinajstić information content (AvgIpc) is 2.74. The number of benzene rings is 2. The van der Waals surface area contributed by atoms with E-state index in [4.69, 9.17) is 4.74 Å². The van der Waals surface area contributed by atoms with Crippen LogP contribution in [-0.4, -0.2) is 41.2 Å². The van der Waals surface area contributed by atoms with Crippen LogP contribution in [0.4, 0.5) is 0 Å². The van der Waals surface area contributed by atoms with Crippen molar-refractivity contribution in [3.05, 3.63) is 64.1 Å². The number of rotatable bonds is 10. The van der Waals surface area contributed by atoms with E-state index in [1.54, 1.807) is 23.8 Å². The predicted octanol–water partition coefficient (Wildman–Crippen LogP) is 5.41. The summed E-state index contributed by atoms with van der Waals surface area (Å²) in [6.45, 7) is 8.15. The molecule has 0 saturated heterocycles. The SMILES string of the molecule is CC[C@H](C(=O)NC(C)(C)C)N(Cc1ccc(OC)cc1)C(=O)CSCc1ccc(Br)cc1. The molecule has 0 radical (unpaired) electrons. The van der Waals surface area contributed by atoms with Crippen LogP contribution in [0.3, 0.4) is 0 Å². The maximum absolute atomic E-state index is 13.3. The Morgan fingerprint density at radius 2 is 1.66 bits per heavy atom. The number of ether oxygens (including phenoxy) is 1. The fourth-order valence-corrected chi connectivity index (χ4v) is 4.35. The van der Waals surface area contributed by atoms with Crippen molar-refractivity contribution in [2.75, 3.05) is 12.9 Å². The van der Waals surface area contributed by atoms with E-state index in [0.717, 1.165) is 27.1 Å². The number of methoxy groups -OCH3 is 1. The van der Waals surface area contributed by atoms with Gasteiger partial charge in [0.25, 0.3) is 0 Å². The van der Waals surface area contributed by atoms with Crippen LogP contribution in [-0.2, 0) is 21.9 Å². The van der Waals surface area contributed by atoms with Gasteiger partial charge >= 0.3 is 0 Å². The van der Waals surface area contributed by atoms with Gasteiger partial charge in [0.05, 0.1) is 12.9 Å². The Morgan fingerprint density at radius 3 is 2.19 bits per heavy atom. The van der Waals surface area contributed by atoms with E-state index in [0.29, 0.717) is 18.7 Å². The van der Waals surface area contributed by atoms with Crippen molar-refractivity contribution < 1.29 is 14.3 Å². The predicted molar refractivity (Wildman–Crippen MR) is 136 cm³/mol. The second-order valence-electron chi connectivity index (χ2n) is 8.65. The van der Waals surface area contributed by atoms with Gasteiger partial charge in [-0.15, -0.1) is 11.8 Å². The van der Waals surface area contributed by atoms with Crippen LogP contribution in [0.1, 0.15) is 45.2 Å². The first-order valence-corrected chi connectivity index (χ1v) is 12.6. The molecule has 32 heavy (non-hydrogen) atoms. The number of nitrogens with zero attached hydrogens (tertiary/aromatic N) is 1. The van der Waals surface area contributed by atoms with E-state index in [9.17, 15) is 9.59 Å². The molecule has 2 amide bonds. The molecule has 174 valence electrons. The molecule has 0 aliphatic carbocycles. The van der Waals surface area contributed by atoms with E-state index in [1.165, 1.54) is 0 Å². The molecule has 0 spiro atoms. The van der Waals surface area contributed by atoms with Gasteiger partial charge in [-0.05, 0) is 62.6 Å². The van der Waals surface area contributed by atoms with Crippen molar-refractivity contribution in [1.29, 1.82) is 0 Å². The zero-order chi connectivity index (χ0) is 23.7. The molecule has 7 heteroatoms. The molecule has 2 aromatic rings. The summed E-state index contributed by atoms with van der Waals surface area (Å²) in [7, 11) is 1.62. The van der Waals surface area contributed by atoms with Crippen LogP contribution in [0.2, 0.25) is 0 Å². The summed E-state index contributed by atoms with van der Waals surface area (Å²) in [4.78, 5) is 28.0. The number of hydrogen-bond donors (Lipinski definition) is 1. The Hall–Kier alpha value is -1.99. The van der Waals surface area contributed by atoms with Gasteiger partial charge in [0.2, 0.25) is 11.8 Å². The van der Waals surface area contributed by atoms with Gasteiger partial charge in [0, 0.05) is 22.3 Å². The number of carbonyl (C=O) groups excluding carboxylic acids is 2. The van der Waals surface area contributed by atoms with Crippen LogP contribution >= 0.6 is 27.7 Å². The molecule has 0 aliphatic heterocycles. The normalized spacial score (nSPS) is 12.2. The van der Waals surface area contributed by atoms with Gasteiger partial charge < -0.3 is 15.0 Å². The minimum absolute atomic E-state index is 0.0427. The smallest absolute Gasteiger partial charge is 0.243 e. The van der Waals surface area contributed by atoms with E-state index < -0.39 is 6.04 Å². The number of carbonyl (C=O) groups is 2. The van der Waals surface area contributed by atoms with Crippen LogP contribution in [0, 0.1) is 0 Å². The van der Waals surface area contributed by atoms with Crippen LogP contribution < -0.4 is 10.1 Å². The number of thioether (sulfide) groups is 1. The minimum atomic E-state index is -0.530. The Labute approximate surface area is 204 Å². The van der Waals surface area contributed by atoms with E-state index in [-0.39, 0.29) is 17.4 Å². The van der Waals surface area contributed by atoms with Crippen LogP contribution in [0.5, 0.6) is 5.75 Å². The van der Waals surface area contributed by atoms with Crippen molar-refractivity contribution in [2.45, 2.75) is 58.0 Å². The molecule has 0 saturated carbocycles. The van der Waals surface area contributed by atoms with Gasteiger partial charge in [0.1, 0.15) is 11.8 Å². The monoisotopic (exact) mass is 520 g/mol. The van der Waals surface area contributed by atoms with Gasteiger partial charge in [-0.1, -0.05) is 47.1 Å². The first kappa shape index (κ1) is 26.3. The van der Waals surface area contributed by atoms with Crippen LogP contribution in [0.15, 0.2) is 53.0 Å². The minimum Gasteiger partial charge on any atom is -0.497 e. The largest absolute Gasteiger partial charge is 0.497 e. The molecule has 2 rings (SSSR count). The summed E-state index contributed by atoms with van der Waals surface area (Å²) in [5, 5.41) is 3.03. The molecule has 0 unspecified atom stereocenters. The highest BCUT2D eigenvalue weighted by atomic mass is 79.9. The molecule has 0 bridgehead atoms. The molecule has 0 aliphatic rings. The summed E-state index contributed by atoms with van der Waals surface area (Å²) in [5.74, 6) is 1.64. The first-order chi connectivity index (χ1) is 15.1. The summed E-state index contributed by atoms with van der Waals surface area (Å²) >= 11 is 5.00. The second-order valence-corrected chi connectivity index (χ2v) is 10.6. The molecule has 0 heterocycles. The third kappa shape index (κ3) is 8.51. The maximum atomic E-state index is 13.3. The maximum Gasteiger partial charge on any atom is 0.243 e.